The van der Waals surface area contributed by atoms with E-state index in [2.05, 4.69) is 10.1 Å². The molecule has 25 heavy (non-hydrogen) atoms. The van der Waals surface area contributed by atoms with Crippen molar-refractivity contribution in [1.82, 2.24) is 5.32 Å². The zero-order chi connectivity index (χ0) is 18.7. The van der Waals surface area contributed by atoms with Crippen LogP contribution in [0.5, 0.6) is 0 Å². The fourth-order valence-electron chi connectivity index (χ4n) is 1.92. The lowest BCUT2D eigenvalue weighted by Crippen LogP contribution is -2.48. The van der Waals surface area contributed by atoms with Crippen LogP contribution in [0.3, 0.4) is 0 Å². The summed E-state index contributed by atoms with van der Waals surface area (Å²) in [5.74, 6) is -1.81. The normalized spacial score (nSPS) is 12.6. The molecule has 0 aliphatic carbocycles. The predicted molar refractivity (Wildman–Crippen MR) is 86.3 cm³/mol. The molecule has 0 aromatic heterocycles. The molecule has 0 saturated heterocycles. The number of ether oxygens (including phenoxy) is 3. The van der Waals surface area contributed by atoms with Crippen LogP contribution in [0.4, 0.5) is 9.18 Å². The number of hydrogen-bond donors (Lipinski definition) is 1. The molecule has 0 heterocycles. The smallest absolute Gasteiger partial charge is 0.408 e. The van der Waals surface area contributed by atoms with Crippen LogP contribution >= 0.6 is 0 Å². The fraction of sp³-hybridized carbons (Fsp3) is 0.471. The van der Waals surface area contributed by atoms with Crippen LogP contribution in [-0.4, -0.2) is 43.5 Å². The molecule has 0 radical (unpaired) electrons. The SMILES string of the molecule is CCOC(=O)CC([18F])C(NC(=O)OCc1ccccc1)C(=O)OCC. The maximum atomic E-state index is 14.3. The van der Waals surface area contributed by atoms with E-state index in [9.17, 15) is 18.8 Å². The second-order valence-corrected chi connectivity index (χ2v) is 4.96. The molecule has 1 aromatic rings. The summed E-state index contributed by atoms with van der Waals surface area (Å²) in [6.07, 6.45) is -3.67. The highest BCUT2D eigenvalue weighted by molar-refractivity contribution is 5.83. The highest BCUT2D eigenvalue weighted by Gasteiger charge is 2.33. The number of carbonyl (C=O) groups is 3. The second kappa shape index (κ2) is 11.0. The fourth-order valence-corrected chi connectivity index (χ4v) is 1.92. The van der Waals surface area contributed by atoms with E-state index in [1.54, 1.807) is 38.1 Å². The number of alkyl carbamates (subject to hydrolysis) is 1. The van der Waals surface area contributed by atoms with Crippen LogP contribution in [0.15, 0.2) is 30.3 Å². The van der Waals surface area contributed by atoms with Gasteiger partial charge in [0.2, 0.25) is 0 Å². The zero-order valence-corrected chi connectivity index (χ0v) is 14.2. The predicted octanol–water partition coefficient (Wildman–Crippen LogP) is 2.14. The van der Waals surface area contributed by atoms with Gasteiger partial charge in [-0.2, -0.15) is 0 Å². The molecule has 2 atom stereocenters. The minimum Gasteiger partial charge on any atom is -0.466 e. The van der Waals surface area contributed by atoms with Crippen molar-refractivity contribution in [1.29, 1.82) is 0 Å². The van der Waals surface area contributed by atoms with Crippen molar-refractivity contribution >= 4 is 18.0 Å². The van der Waals surface area contributed by atoms with Gasteiger partial charge in [-0.1, -0.05) is 30.3 Å². The second-order valence-electron chi connectivity index (χ2n) is 4.96. The topological polar surface area (TPSA) is 90.9 Å². The van der Waals surface area contributed by atoms with E-state index in [4.69, 9.17) is 9.47 Å². The van der Waals surface area contributed by atoms with Crippen molar-refractivity contribution in [2.24, 2.45) is 0 Å². The molecule has 1 aromatic carbocycles. The van der Waals surface area contributed by atoms with Crippen LogP contribution in [0.2, 0.25) is 0 Å². The van der Waals surface area contributed by atoms with Crippen LogP contribution in [0, 0.1) is 0 Å². The van der Waals surface area contributed by atoms with Crippen LogP contribution < -0.4 is 5.32 Å². The van der Waals surface area contributed by atoms with Gasteiger partial charge in [0.05, 0.1) is 19.6 Å². The van der Waals surface area contributed by atoms with Gasteiger partial charge >= 0.3 is 18.0 Å². The molecular weight excluding hydrogens is 332 g/mol. The number of carbonyl (C=O) groups excluding carboxylic acids is 3. The van der Waals surface area contributed by atoms with E-state index in [0.717, 1.165) is 5.56 Å². The standard InChI is InChI=1S/C17H22FNO6/c1-3-23-14(20)10-13(18)15(16(21)24-4-2)19-17(22)25-11-12-8-6-5-7-9-12/h5-9,13,15H,3-4,10-11H2,1-2H3,(H,19,22)/i18-1. The lowest BCUT2D eigenvalue weighted by molar-refractivity contribution is -0.149. The molecule has 0 aliphatic rings. The lowest BCUT2D eigenvalue weighted by atomic mass is 10.1. The monoisotopic (exact) mass is 354 g/mol. The molecule has 0 spiro atoms. The maximum Gasteiger partial charge on any atom is 0.408 e. The van der Waals surface area contributed by atoms with Crippen LogP contribution in [0.1, 0.15) is 25.8 Å². The van der Waals surface area contributed by atoms with Crippen LogP contribution in [-0.2, 0) is 30.4 Å². The highest BCUT2D eigenvalue weighted by atomic mass is 18.2. The lowest BCUT2D eigenvalue weighted by Gasteiger charge is -2.20. The van der Waals surface area contributed by atoms with Gasteiger partial charge in [0, 0.05) is 0 Å². The van der Waals surface area contributed by atoms with Gasteiger partial charge in [0.1, 0.15) is 12.8 Å². The molecule has 0 bridgehead atoms. The summed E-state index contributed by atoms with van der Waals surface area (Å²) in [7, 11) is 0. The molecule has 0 aliphatic heterocycles. The Hall–Kier alpha value is -2.64. The number of alkyl halides is 1. The Kier molecular flexibility index (Phi) is 8.99. The Labute approximate surface area is 145 Å². The molecule has 0 fully saturated rings. The van der Waals surface area contributed by atoms with Crippen molar-refractivity contribution in [3.05, 3.63) is 35.9 Å². The van der Waals surface area contributed by atoms with E-state index in [-0.39, 0.29) is 19.8 Å². The largest absolute Gasteiger partial charge is 0.466 e. The van der Waals surface area contributed by atoms with E-state index in [1.165, 1.54) is 0 Å². The van der Waals surface area contributed by atoms with E-state index < -0.39 is 36.7 Å². The van der Waals surface area contributed by atoms with Crippen LogP contribution in [0.25, 0.3) is 0 Å². The first-order valence-electron chi connectivity index (χ1n) is 7.91. The Balaban J connectivity index is 2.63. The molecule has 2 unspecified atom stereocenters. The summed E-state index contributed by atoms with van der Waals surface area (Å²) < 4.78 is 28.6. The van der Waals surface area contributed by atoms with Gasteiger partial charge in [-0.15, -0.1) is 0 Å². The zero-order valence-electron chi connectivity index (χ0n) is 14.2. The average Bonchev–Trinajstić information content (AvgIpc) is 2.59. The summed E-state index contributed by atoms with van der Waals surface area (Å²) >= 11 is 0. The number of amides is 1. The van der Waals surface area contributed by atoms with Gasteiger partial charge in [-0.25, -0.2) is 14.0 Å². The van der Waals surface area contributed by atoms with Gasteiger partial charge < -0.3 is 19.5 Å². The number of hydrogen-bond acceptors (Lipinski definition) is 6. The number of nitrogens with one attached hydrogen (secondary N) is 1. The summed E-state index contributed by atoms with van der Waals surface area (Å²) in [6.45, 7) is 3.16. The van der Waals surface area contributed by atoms with E-state index in [1.807, 2.05) is 6.07 Å². The Morgan fingerprint density at radius 1 is 1.04 bits per heavy atom. The summed E-state index contributed by atoms with van der Waals surface area (Å²) in [5.41, 5.74) is 0.730. The molecule has 8 heteroatoms. The summed E-state index contributed by atoms with van der Waals surface area (Å²) in [5, 5.41) is 2.10. The number of rotatable bonds is 9. The van der Waals surface area contributed by atoms with Gasteiger partial charge in [0.15, 0.2) is 6.04 Å². The first kappa shape index (κ1) is 20.4. The van der Waals surface area contributed by atoms with Crippen molar-refractivity contribution in [3.8, 4) is 0 Å². The van der Waals surface area contributed by atoms with Crippen molar-refractivity contribution < 1.29 is 33.0 Å². The molecule has 7 nitrogen and oxygen atoms in total. The Bertz CT molecular complexity index is 566. The molecule has 0 saturated carbocycles. The maximum absolute atomic E-state index is 14.3. The number of esters is 2. The Morgan fingerprint density at radius 2 is 1.68 bits per heavy atom. The third-order valence-electron chi connectivity index (χ3n) is 3.06. The highest BCUT2D eigenvalue weighted by Crippen LogP contribution is 2.09. The third kappa shape index (κ3) is 7.65. The van der Waals surface area contributed by atoms with E-state index in [0.29, 0.717) is 0 Å². The quantitative estimate of drug-likeness (QED) is 0.540. The first-order valence-corrected chi connectivity index (χ1v) is 7.91. The molecule has 1 rings (SSSR count). The minimum absolute atomic E-state index is 0.00219. The molecule has 1 N–H and O–H groups in total. The molecular formula is C17H22FNO6. The average molecular weight is 354 g/mol. The number of halogens is 1. The molecule has 1 amide bonds. The van der Waals surface area contributed by atoms with Crippen molar-refractivity contribution in [2.45, 2.75) is 39.1 Å². The summed E-state index contributed by atoms with van der Waals surface area (Å²) in [4.78, 5) is 35.1. The first-order chi connectivity index (χ1) is 12.0. The van der Waals surface area contributed by atoms with Crippen molar-refractivity contribution in [3.63, 3.8) is 0 Å². The third-order valence-corrected chi connectivity index (χ3v) is 3.06. The molecule has 138 valence electrons. The van der Waals surface area contributed by atoms with Gasteiger partial charge in [0.25, 0.3) is 0 Å². The minimum atomic E-state index is -2.00. The van der Waals surface area contributed by atoms with Gasteiger partial charge in [-0.05, 0) is 19.4 Å². The Morgan fingerprint density at radius 3 is 2.28 bits per heavy atom. The summed E-state index contributed by atoms with van der Waals surface area (Å²) in [6, 6.07) is 7.18. The van der Waals surface area contributed by atoms with E-state index >= 15 is 0 Å². The van der Waals surface area contributed by atoms with Gasteiger partial charge in [-0.3, -0.25) is 4.79 Å². The van der Waals surface area contributed by atoms with Crippen molar-refractivity contribution in [2.75, 3.05) is 13.2 Å². The number of benzene rings is 1.